The van der Waals surface area contributed by atoms with Crippen LogP contribution in [0.3, 0.4) is 0 Å². The Balaban J connectivity index is 0. The fraction of sp³-hybridized carbons (Fsp3) is 0.833. The van der Waals surface area contributed by atoms with Crippen LogP contribution in [0.4, 0.5) is 0 Å². The quantitative estimate of drug-likeness (QED) is 0.267. The SMILES string of the molecule is CCOC(=O)CCCS(=O)(=O)[O-].[Li+]. The molecule has 0 spiro atoms. The average molecular weight is 202 g/mol. The fourth-order valence-electron chi connectivity index (χ4n) is 0.626. The van der Waals surface area contributed by atoms with E-state index in [1.807, 2.05) is 0 Å². The molecule has 0 bridgehead atoms. The summed E-state index contributed by atoms with van der Waals surface area (Å²) in [6.45, 7) is 1.92. The molecule has 0 N–H and O–H groups in total. The van der Waals surface area contributed by atoms with E-state index in [1.165, 1.54) is 0 Å². The number of rotatable bonds is 5. The summed E-state index contributed by atoms with van der Waals surface area (Å²) in [7, 11) is -4.19. The molecule has 0 rings (SSSR count). The molecule has 0 saturated carbocycles. The molecule has 0 aliphatic carbocycles. The topological polar surface area (TPSA) is 83.5 Å². The van der Waals surface area contributed by atoms with Gasteiger partial charge in [0, 0.05) is 12.2 Å². The Labute approximate surface area is 89.8 Å². The molecule has 0 unspecified atom stereocenters. The zero-order valence-corrected chi connectivity index (χ0v) is 8.59. The van der Waals surface area contributed by atoms with Gasteiger partial charge in [0.2, 0.25) is 0 Å². The number of carbonyl (C=O) groups excluding carboxylic acids is 1. The molecule has 0 aliphatic heterocycles. The third-order valence-corrected chi connectivity index (χ3v) is 1.87. The van der Waals surface area contributed by atoms with Gasteiger partial charge in [-0.2, -0.15) is 0 Å². The van der Waals surface area contributed by atoms with Crippen LogP contribution in [-0.2, 0) is 19.6 Å². The molecule has 0 saturated heterocycles. The summed E-state index contributed by atoms with van der Waals surface area (Å²) in [5, 5.41) is 0. The van der Waals surface area contributed by atoms with Crippen LogP contribution in [0, 0.1) is 0 Å². The number of carbonyl (C=O) groups is 1. The van der Waals surface area contributed by atoms with E-state index in [0.717, 1.165) is 0 Å². The number of hydrogen-bond acceptors (Lipinski definition) is 5. The minimum atomic E-state index is -4.19. The van der Waals surface area contributed by atoms with Crippen molar-refractivity contribution in [3.05, 3.63) is 0 Å². The summed E-state index contributed by atoms with van der Waals surface area (Å²) >= 11 is 0. The summed E-state index contributed by atoms with van der Waals surface area (Å²) in [6, 6.07) is 0. The minimum Gasteiger partial charge on any atom is -0.748 e. The molecular weight excluding hydrogens is 191 g/mol. The second-order valence-electron chi connectivity index (χ2n) is 2.17. The van der Waals surface area contributed by atoms with Crippen molar-refractivity contribution in [3.8, 4) is 0 Å². The van der Waals surface area contributed by atoms with Gasteiger partial charge in [-0.15, -0.1) is 0 Å². The molecule has 0 amide bonds. The van der Waals surface area contributed by atoms with Crippen LogP contribution >= 0.6 is 0 Å². The smallest absolute Gasteiger partial charge is 0.748 e. The first-order chi connectivity index (χ1) is 5.45. The van der Waals surface area contributed by atoms with Crippen molar-refractivity contribution in [2.75, 3.05) is 12.4 Å². The Morgan fingerprint density at radius 1 is 1.46 bits per heavy atom. The summed E-state index contributed by atoms with van der Waals surface area (Å²) in [5.41, 5.74) is 0. The maximum atomic E-state index is 10.6. The Hall–Kier alpha value is -0.0226. The Morgan fingerprint density at radius 3 is 2.38 bits per heavy atom. The predicted molar refractivity (Wildman–Crippen MR) is 40.4 cm³/mol. The van der Waals surface area contributed by atoms with Crippen molar-refractivity contribution in [1.82, 2.24) is 0 Å². The van der Waals surface area contributed by atoms with E-state index in [9.17, 15) is 17.8 Å². The third kappa shape index (κ3) is 12.0. The van der Waals surface area contributed by atoms with E-state index in [1.54, 1.807) is 6.92 Å². The molecule has 5 nitrogen and oxygen atoms in total. The van der Waals surface area contributed by atoms with E-state index in [2.05, 4.69) is 4.74 Å². The first-order valence-electron chi connectivity index (χ1n) is 3.55. The molecular formula is C6H11LiO5S. The average Bonchev–Trinajstić information content (AvgIpc) is 1.84. The summed E-state index contributed by atoms with van der Waals surface area (Å²) in [6.07, 6.45) is 0.0139. The maximum Gasteiger partial charge on any atom is 1.00 e. The van der Waals surface area contributed by atoms with Gasteiger partial charge in [0.1, 0.15) is 0 Å². The molecule has 0 aromatic rings. The van der Waals surface area contributed by atoms with Crippen LogP contribution in [0.25, 0.3) is 0 Å². The van der Waals surface area contributed by atoms with Crippen LogP contribution in [0.15, 0.2) is 0 Å². The molecule has 0 aliphatic rings. The fourth-order valence-corrected chi connectivity index (χ4v) is 1.12. The normalized spacial score (nSPS) is 10.3. The zero-order chi connectivity index (χ0) is 9.61. The first-order valence-corrected chi connectivity index (χ1v) is 5.12. The van der Waals surface area contributed by atoms with Gasteiger partial charge in [-0.05, 0) is 13.3 Å². The summed E-state index contributed by atoms with van der Waals surface area (Å²) in [4.78, 5) is 10.6. The van der Waals surface area contributed by atoms with Crippen molar-refractivity contribution in [3.63, 3.8) is 0 Å². The minimum absolute atomic E-state index is 0. The molecule has 0 heterocycles. The molecule has 7 heteroatoms. The van der Waals surface area contributed by atoms with Crippen LogP contribution in [0.1, 0.15) is 19.8 Å². The number of esters is 1. The Morgan fingerprint density at radius 2 is 2.00 bits per heavy atom. The molecule has 0 atom stereocenters. The summed E-state index contributed by atoms with van der Waals surface area (Å²) < 4.78 is 34.7. The van der Waals surface area contributed by atoms with Crippen LogP contribution in [0.5, 0.6) is 0 Å². The second-order valence-corrected chi connectivity index (χ2v) is 3.69. The van der Waals surface area contributed by atoms with Crippen LogP contribution in [0.2, 0.25) is 0 Å². The van der Waals surface area contributed by atoms with Gasteiger partial charge in [0.25, 0.3) is 0 Å². The first kappa shape index (κ1) is 15.4. The molecule has 0 fully saturated rings. The van der Waals surface area contributed by atoms with Gasteiger partial charge in [0.05, 0.1) is 16.7 Å². The van der Waals surface area contributed by atoms with Crippen molar-refractivity contribution < 1.29 is 41.4 Å². The van der Waals surface area contributed by atoms with Gasteiger partial charge < -0.3 is 9.29 Å². The predicted octanol–water partition coefficient (Wildman–Crippen LogP) is -3.12. The van der Waals surface area contributed by atoms with E-state index >= 15 is 0 Å². The van der Waals surface area contributed by atoms with Crippen molar-refractivity contribution in [2.24, 2.45) is 0 Å². The molecule has 0 aromatic carbocycles. The molecule has 13 heavy (non-hydrogen) atoms. The second kappa shape index (κ2) is 7.39. The molecule has 0 radical (unpaired) electrons. The van der Waals surface area contributed by atoms with E-state index < -0.39 is 21.8 Å². The van der Waals surface area contributed by atoms with E-state index in [0.29, 0.717) is 0 Å². The zero-order valence-electron chi connectivity index (χ0n) is 7.78. The van der Waals surface area contributed by atoms with Crippen molar-refractivity contribution in [2.45, 2.75) is 19.8 Å². The molecule has 0 aromatic heterocycles. The van der Waals surface area contributed by atoms with Gasteiger partial charge >= 0.3 is 24.8 Å². The largest absolute Gasteiger partial charge is 1.00 e. The van der Waals surface area contributed by atoms with Crippen LogP contribution < -0.4 is 18.9 Å². The van der Waals surface area contributed by atoms with Crippen molar-refractivity contribution >= 4 is 16.1 Å². The number of ether oxygens (including phenoxy) is 1. The Bertz CT molecular complexity index is 235. The van der Waals surface area contributed by atoms with Crippen LogP contribution in [-0.4, -0.2) is 31.3 Å². The van der Waals surface area contributed by atoms with E-state index in [4.69, 9.17) is 0 Å². The summed E-state index contributed by atoms with van der Waals surface area (Å²) in [5.74, 6) is -0.979. The monoisotopic (exact) mass is 202 g/mol. The van der Waals surface area contributed by atoms with E-state index in [-0.39, 0.29) is 38.3 Å². The number of hydrogen-bond donors (Lipinski definition) is 0. The maximum absolute atomic E-state index is 10.6. The van der Waals surface area contributed by atoms with Crippen molar-refractivity contribution in [1.29, 1.82) is 0 Å². The van der Waals surface area contributed by atoms with Gasteiger partial charge in [-0.3, -0.25) is 4.79 Å². The van der Waals surface area contributed by atoms with Gasteiger partial charge in [-0.1, -0.05) is 0 Å². The van der Waals surface area contributed by atoms with Gasteiger partial charge in [0.15, 0.2) is 0 Å². The third-order valence-electron chi connectivity index (χ3n) is 1.08. The Kier molecular flexibility index (Phi) is 8.78. The molecule has 72 valence electrons. The van der Waals surface area contributed by atoms with Gasteiger partial charge in [-0.25, -0.2) is 8.42 Å². The standard InChI is InChI=1S/C6H12O5S.Li/c1-2-11-6(7)4-3-5-12(8,9)10;/h2-5H2,1H3,(H,8,9,10);/q;+1/p-1.